The predicted octanol–water partition coefficient (Wildman–Crippen LogP) is 3.87. The number of nitrogens with one attached hydrogen (secondary N) is 1. The van der Waals surface area contributed by atoms with E-state index in [0.29, 0.717) is 24.5 Å². The first-order valence-electron chi connectivity index (χ1n) is 10.4. The fraction of sp³-hybridized carbons (Fsp3) is 0.348. The minimum atomic E-state index is -0.847. The number of para-hydroxylation sites is 1. The van der Waals surface area contributed by atoms with Crippen LogP contribution >= 0.6 is 23.5 Å². The van der Waals surface area contributed by atoms with Crippen LogP contribution in [0.15, 0.2) is 58.3 Å². The van der Waals surface area contributed by atoms with Crippen LogP contribution in [-0.4, -0.2) is 53.8 Å². The second kappa shape index (κ2) is 9.78. The van der Waals surface area contributed by atoms with E-state index < -0.39 is 5.25 Å². The summed E-state index contributed by atoms with van der Waals surface area (Å²) >= 11 is 2.88. The Morgan fingerprint density at radius 2 is 1.87 bits per heavy atom. The summed E-state index contributed by atoms with van der Waals surface area (Å²) in [6.45, 7) is 1.25. The van der Waals surface area contributed by atoms with Crippen molar-refractivity contribution in [1.82, 2.24) is 4.90 Å². The van der Waals surface area contributed by atoms with E-state index in [9.17, 15) is 14.4 Å². The number of hydrogen-bond acceptors (Lipinski definition) is 5. The number of fused-ring (bicyclic) bond motifs is 1. The molecule has 2 aliphatic rings. The molecule has 0 unspecified atom stereocenters. The molecule has 31 heavy (non-hydrogen) atoms. The molecule has 0 radical (unpaired) electrons. The average molecular weight is 456 g/mol. The van der Waals surface area contributed by atoms with E-state index >= 15 is 0 Å². The van der Waals surface area contributed by atoms with Crippen LogP contribution in [0.2, 0.25) is 0 Å². The molecule has 0 bridgehead atoms. The van der Waals surface area contributed by atoms with Gasteiger partial charge in [0.05, 0.1) is 5.69 Å². The van der Waals surface area contributed by atoms with Gasteiger partial charge in [0.15, 0.2) is 5.25 Å². The van der Waals surface area contributed by atoms with Crippen molar-refractivity contribution in [3.63, 3.8) is 0 Å². The second-order valence-electron chi connectivity index (χ2n) is 7.56. The minimum Gasteiger partial charge on any atom is -0.341 e. The number of benzene rings is 2. The summed E-state index contributed by atoms with van der Waals surface area (Å²) in [5.41, 5.74) is 1.36. The number of anilines is 2. The number of piperidine rings is 1. The molecule has 0 saturated carbocycles. The lowest BCUT2D eigenvalue weighted by Gasteiger charge is -2.36. The molecular formula is C23H25N3O3S2. The smallest absolute Gasteiger partial charge is 0.250 e. The minimum absolute atomic E-state index is 0.135. The molecule has 3 amide bonds. The van der Waals surface area contributed by atoms with Crippen LogP contribution in [0.3, 0.4) is 0 Å². The molecule has 0 spiro atoms. The summed E-state index contributed by atoms with van der Waals surface area (Å²) in [5.74, 6) is -0.771. The van der Waals surface area contributed by atoms with Crippen molar-refractivity contribution in [3.8, 4) is 0 Å². The highest BCUT2D eigenvalue weighted by Crippen LogP contribution is 2.40. The van der Waals surface area contributed by atoms with Gasteiger partial charge in [-0.2, -0.15) is 0 Å². The second-order valence-corrected chi connectivity index (χ2v) is 9.58. The SMILES string of the molecule is CSc1cccc(NC(=O)CN2C(=O)[C@@H](C(=O)N3CCCCC3)Sc3ccccc32)c1. The maximum Gasteiger partial charge on any atom is 0.250 e. The molecule has 4 rings (SSSR count). The molecule has 2 aliphatic heterocycles. The highest BCUT2D eigenvalue weighted by atomic mass is 32.2. The molecule has 2 aromatic carbocycles. The Morgan fingerprint density at radius 1 is 1.10 bits per heavy atom. The van der Waals surface area contributed by atoms with E-state index in [2.05, 4.69) is 5.32 Å². The van der Waals surface area contributed by atoms with Gasteiger partial charge in [0.1, 0.15) is 6.54 Å². The zero-order valence-corrected chi connectivity index (χ0v) is 19.0. The summed E-state index contributed by atoms with van der Waals surface area (Å²) < 4.78 is 0. The number of amides is 3. The number of carbonyl (C=O) groups excluding carboxylic acids is 3. The predicted molar refractivity (Wildman–Crippen MR) is 126 cm³/mol. The molecule has 8 heteroatoms. The zero-order valence-electron chi connectivity index (χ0n) is 17.4. The van der Waals surface area contributed by atoms with Crippen LogP contribution in [0, 0.1) is 0 Å². The van der Waals surface area contributed by atoms with Gasteiger partial charge in [-0.25, -0.2) is 0 Å². The van der Waals surface area contributed by atoms with Gasteiger partial charge in [-0.1, -0.05) is 18.2 Å². The van der Waals surface area contributed by atoms with Crippen LogP contribution in [0.4, 0.5) is 11.4 Å². The molecule has 0 aliphatic carbocycles. The fourth-order valence-corrected chi connectivity index (χ4v) is 5.51. The van der Waals surface area contributed by atoms with Crippen molar-refractivity contribution in [2.45, 2.75) is 34.3 Å². The van der Waals surface area contributed by atoms with E-state index in [1.807, 2.05) is 54.8 Å². The summed E-state index contributed by atoms with van der Waals surface area (Å²) in [6.07, 6.45) is 5.02. The number of hydrogen-bond donors (Lipinski definition) is 1. The molecular weight excluding hydrogens is 430 g/mol. The van der Waals surface area contributed by atoms with Gasteiger partial charge in [0, 0.05) is 28.6 Å². The highest BCUT2D eigenvalue weighted by molar-refractivity contribution is 8.01. The van der Waals surface area contributed by atoms with Crippen molar-refractivity contribution in [3.05, 3.63) is 48.5 Å². The summed E-state index contributed by atoms with van der Waals surface area (Å²) in [7, 11) is 0. The van der Waals surface area contributed by atoms with Gasteiger partial charge in [0.25, 0.3) is 5.91 Å². The van der Waals surface area contributed by atoms with Crippen LogP contribution in [-0.2, 0) is 14.4 Å². The Balaban J connectivity index is 1.54. The van der Waals surface area contributed by atoms with Gasteiger partial charge in [-0.05, 0) is 55.9 Å². The first-order valence-corrected chi connectivity index (χ1v) is 12.5. The standard InChI is InChI=1S/C23H25N3O3S2/c1-30-17-9-7-8-16(14-17)24-20(27)15-26-18-10-3-4-11-19(18)31-21(23(26)29)22(28)25-12-5-2-6-13-25/h3-4,7-11,14,21H,2,5-6,12-13,15H2,1H3,(H,24,27)/t21-/m1/s1. The maximum absolute atomic E-state index is 13.3. The van der Waals surface area contributed by atoms with Crippen molar-refractivity contribution in [2.24, 2.45) is 0 Å². The third kappa shape index (κ3) is 4.91. The monoisotopic (exact) mass is 455 g/mol. The lowest BCUT2D eigenvalue weighted by Crippen LogP contribution is -2.52. The third-order valence-corrected chi connectivity index (χ3v) is 7.40. The topological polar surface area (TPSA) is 69.7 Å². The number of thioether (sulfide) groups is 2. The largest absolute Gasteiger partial charge is 0.341 e. The quantitative estimate of drug-likeness (QED) is 0.548. The molecule has 2 aromatic rings. The van der Waals surface area contributed by atoms with Crippen LogP contribution in [0.25, 0.3) is 0 Å². The Morgan fingerprint density at radius 3 is 2.65 bits per heavy atom. The van der Waals surface area contributed by atoms with Crippen molar-refractivity contribution in [1.29, 1.82) is 0 Å². The van der Waals surface area contributed by atoms with Crippen molar-refractivity contribution in [2.75, 3.05) is 36.1 Å². The van der Waals surface area contributed by atoms with Crippen LogP contribution < -0.4 is 10.2 Å². The Labute approximate surface area is 190 Å². The van der Waals surface area contributed by atoms with Gasteiger partial charge in [-0.15, -0.1) is 23.5 Å². The lowest BCUT2D eigenvalue weighted by atomic mass is 10.1. The summed E-state index contributed by atoms with van der Waals surface area (Å²) in [6, 6.07) is 15.0. The molecule has 0 aromatic heterocycles. The normalized spacial score (nSPS) is 18.5. The van der Waals surface area contributed by atoms with E-state index in [1.165, 1.54) is 16.7 Å². The Kier molecular flexibility index (Phi) is 6.87. The fourth-order valence-electron chi connectivity index (χ4n) is 3.86. The molecule has 1 fully saturated rings. The number of nitrogens with zero attached hydrogens (tertiary/aromatic N) is 2. The van der Waals surface area contributed by atoms with Crippen LogP contribution in [0.5, 0.6) is 0 Å². The lowest BCUT2D eigenvalue weighted by molar-refractivity contribution is -0.135. The Hall–Kier alpha value is -2.45. The average Bonchev–Trinajstić information content (AvgIpc) is 2.81. The van der Waals surface area contributed by atoms with E-state index in [1.54, 1.807) is 16.7 Å². The summed E-state index contributed by atoms with van der Waals surface area (Å²) in [5, 5.41) is 2.03. The third-order valence-electron chi connectivity index (χ3n) is 5.44. The van der Waals surface area contributed by atoms with Gasteiger partial charge >= 0.3 is 0 Å². The zero-order chi connectivity index (χ0) is 21.8. The molecule has 1 N–H and O–H groups in total. The number of carbonyl (C=O) groups is 3. The number of likely N-dealkylation sites (tertiary alicyclic amines) is 1. The first kappa shape index (κ1) is 21.8. The van der Waals surface area contributed by atoms with E-state index in [4.69, 9.17) is 0 Å². The molecule has 1 atom stereocenters. The Bertz CT molecular complexity index is 992. The molecule has 162 valence electrons. The molecule has 2 heterocycles. The van der Waals surface area contributed by atoms with E-state index in [0.717, 1.165) is 29.1 Å². The van der Waals surface area contributed by atoms with E-state index in [-0.39, 0.29) is 24.3 Å². The molecule has 6 nitrogen and oxygen atoms in total. The van der Waals surface area contributed by atoms with Crippen LogP contribution in [0.1, 0.15) is 19.3 Å². The van der Waals surface area contributed by atoms with Gasteiger partial charge in [-0.3, -0.25) is 14.4 Å². The van der Waals surface area contributed by atoms with Gasteiger partial charge in [0.2, 0.25) is 11.8 Å². The first-order chi connectivity index (χ1) is 15.1. The van der Waals surface area contributed by atoms with Crippen molar-refractivity contribution >= 4 is 52.6 Å². The molecule has 1 saturated heterocycles. The summed E-state index contributed by atoms with van der Waals surface area (Å²) in [4.78, 5) is 44.4. The van der Waals surface area contributed by atoms with Gasteiger partial charge < -0.3 is 15.1 Å². The van der Waals surface area contributed by atoms with Crippen molar-refractivity contribution < 1.29 is 14.4 Å². The number of rotatable bonds is 5. The maximum atomic E-state index is 13.3. The highest BCUT2D eigenvalue weighted by Gasteiger charge is 2.40.